The van der Waals surface area contributed by atoms with Gasteiger partial charge in [-0.25, -0.2) is 9.18 Å². The van der Waals surface area contributed by atoms with Gasteiger partial charge in [-0.05, 0) is 30.3 Å². The second kappa shape index (κ2) is 4.45. The Balaban J connectivity index is 3.05. The quantitative estimate of drug-likeness (QED) is 0.552. The number of ether oxygens (including phenoxy) is 1. The van der Waals surface area contributed by atoms with Gasteiger partial charge in [-0.1, -0.05) is 0 Å². The fourth-order valence-corrected chi connectivity index (χ4v) is 0.935. The zero-order chi connectivity index (χ0) is 10.6. The molecule has 0 spiro atoms. The lowest BCUT2D eigenvalue weighted by molar-refractivity contribution is 0.0521. The standard InChI is InChI=1S/C9H8FNO3/c1-2-14-9(12)7-5-6(11-13)3-4-8(7)10/h3-5H,2H2,1H3. The Labute approximate surface area is 79.7 Å². The molecule has 0 aliphatic rings. The number of hydrogen-bond donors (Lipinski definition) is 0. The molecule has 74 valence electrons. The molecule has 0 bridgehead atoms. The van der Waals surface area contributed by atoms with Crippen LogP contribution in [0.15, 0.2) is 23.4 Å². The van der Waals surface area contributed by atoms with Gasteiger partial charge in [0.15, 0.2) is 0 Å². The van der Waals surface area contributed by atoms with Crippen molar-refractivity contribution in [3.05, 3.63) is 34.5 Å². The molecule has 1 aromatic carbocycles. The summed E-state index contributed by atoms with van der Waals surface area (Å²) in [7, 11) is 0. The Morgan fingerprint density at radius 2 is 2.29 bits per heavy atom. The first-order valence-electron chi connectivity index (χ1n) is 3.99. The van der Waals surface area contributed by atoms with E-state index in [0.29, 0.717) is 0 Å². The molecule has 5 heteroatoms. The molecule has 0 aliphatic carbocycles. The monoisotopic (exact) mass is 197 g/mol. The van der Waals surface area contributed by atoms with Crippen LogP contribution in [0.4, 0.5) is 10.1 Å². The summed E-state index contributed by atoms with van der Waals surface area (Å²) in [6, 6.07) is 3.24. The van der Waals surface area contributed by atoms with Crippen LogP contribution < -0.4 is 0 Å². The van der Waals surface area contributed by atoms with Crippen LogP contribution in [0, 0.1) is 10.7 Å². The molecule has 0 fully saturated rings. The lowest BCUT2D eigenvalue weighted by atomic mass is 10.2. The molecule has 0 radical (unpaired) electrons. The highest BCUT2D eigenvalue weighted by Gasteiger charge is 2.13. The number of halogens is 1. The van der Waals surface area contributed by atoms with Gasteiger partial charge in [-0.15, -0.1) is 4.91 Å². The number of carbonyl (C=O) groups is 1. The third-order valence-corrected chi connectivity index (χ3v) is 1.55. The number of benzene rings is 1. The predicted octanol–water partition coefficient (Wildman–Crippen LogP) is 2.40. The van der Waals surface area contributed by atoms with Crippen LogP contribution >= 0.6 is 0 Å². The van der Waals surface area contributed by atoms with Crippen molar-refractivity contribution in [1.82, 2.24) is 0 Å². The number of carbonyl (C=O) groups excluding carboxylic acids is 1. The van der Waals surface area contributed by atoms with E-state index >= 15 is 0 Å². The smallest absolute Gasteiger partial charge is 0.341 e. The highest BCUT2D eigenvalue weighted by molar-refractivity contribution is 5.90. The Morgan fingerprint density at radius 3 is 2.86 bits per heavy atom. The van der Waals surface area contributed by atoms with Crippen molar-refractivity contribution in [2.45, 2.75) is 6.92 Å². The van der Waals surface area contributed by atoms with E-state index in [4.69, 9.17) is 0 Å². The van der Waals surface area contributed by atoms with Crippen molar-refractivity contribution in [3.63, 3.8) is 0 Å². The van der Waals surface area contributed by atoms with Gasteiger partial charge < -0.3 is 4.74 Å². The molecule has 0 unspecified atom stereocenters. The van der Waals surface area contributed by atoms with Crippen LogP contribution in [0.3, 0.4) is 0 Å². The van der Waals surface area contributed by atoms with Crippen molar-refractivity contribution in [3.8, 4) is 0 Å². The van der Waals surface area contributed by atoms with Gasteiger partial charge in [-0.3, -0.25) is 0 Å². The molecule has 14 heavy (non-hydrogen) atoms. The summed E-state index contributed by atoms with van der Waals surface area (Å²) in [5.74, 6) is -1.52. The molecular weight excluding hydrogens is 189 g/mol. The number of rotatable bonds is 3. The molecule has 0 N–H and O–H groups in total. The Morgan fingerprint density at radius 1 is 1.57 bits per heavy atom. The third-order valence-electron chi connectivity index (χ3n) is 1.55. The van der Waals surface area contributed by atoms with Crippen LogP contribution in [0.5, 0.6) is 0 Å². The SMILES string of the molecule is CCOC(=O)c1cc(N=O)ccc1F. The fraction of sp³-hybridized carbons (Fsp3) is 0.222. The van der Waals surface area contributed by atoms with Crippen LogP contribution in [0.1, 0.15) is 17.3 Å². The van der Waals surface area contributed by atoms with E-state index < -0.39 is 11.8 Å². The zero-order valence-corrected chi connectivity index (χ0v) is 7.49. The zero-order valence-electron chi connectivity index (χ0n) is 7.49. The normalized spacial score (nSPS) is 9.57. The van der Waals surface area contributed by atoms with E-state index in [9.17, 15) is 14.1 Å². The van der Waals surface area contributed by atoms with Gasteiger partial charge in [-0.2, -0.15) is 0 Å². The Kier molecular flexibility index (Phi) is 3.28. The first-order valence-corrected chi connectivity index (χ1v) is 3.99. The molecular formula is C9H8FNO3. The predicted molar refractivity (Wildman–Crippen MR) is 47.8 cm³/mol. The van der Waals surface area contributed by atoms with Crippen molar-refractivity contribution in [2.75, 3.05) is 6.61 Å². The largest absolute Gasteiger partial charge is 0.462 e. The van der Waals surface area contributed by atoms with Crippen molar-refractivity contribution in [1.29, 1.82) is 0 Å². The topological polar surface area (TPSA) is 55.7 Å². The molecule has 1 rings (SSSR count). The van der Waals surface area contributed by atoms with Gasteiger partial charge in [0, 0.05) is 0 Å². The van der Waals surface area contributed by atoms with Crippen LogP contribution in [-0.4, -0.2) is 12.6 Å². The van der Waals surface area contributed by atoms with E-state index in [0.717, 1.165) is 12.1 Å². The molecule has 0 heterocycles. The average Bonchev–Trinajstić information content (AvgIpc) is 2.19. The minimum Gasteiger partial charge on any atom is -0.462 e. The number of esters is 1. The summed E-state index contributed by atoms with van der Waals surface area (Å²) in [4.78, 5) is 21.3. The minimum absolute atomic E-state index is 0.00514. The Bertz CT molecular complexity index is 365. The third kappa shape index (κ3) is 2.12. The second-order valence-corrected chi connectivity index (χ2v) is 2.48. The number of nitroso groups, excluding NO2 is 1. The van der Waals surface area contributed by atoms with E-state index in [1.807, 2.05) is 0 Å². The summed E-state index contributed by atoms with van der Waals surface area (Å²) in [5, 5.41) is 2.59. The highest BCUT2D eigenvalue weighted by atomic mass is 19.1. The van der Waals surface area contributed by atoms with Gasteiger partial charge in [0.2, 0.25) is 0 Å². The molecule has 4 nitrogen and oxygen atoms in total. The molecule has 0 saturated heterocycles. The summed E-state index contributed by atoms with van der Waals surface area (Å²) in [5.41, 5.74) is -0.279. The minimum atomic E-state index is -0.796. The average molecular weight is 197 g/mol. The van der Waals surface area contributed by atoms with E-state index in [1.165, 1.54) is 6.07 Å². The summed E-state index contributed by atoms with van der Waals surface area (Å²) >= 11 is 0. The Hall–Kier alpha value is -1.78. The van der Waals surface area contributed by atoms with E-state index in [2.05, 4.69) is 9.91 Å². The molecule has 0 atom stereocenters. The molecule has 0 aromatic heterocycles. The first-order chi connectivity index (χ1) is 6.69. The van der Waals surface area contributed by atoms with Gasteiger partial charge in [0.25, 0.3) is 0 Å². The second-order valence-electron chi connectivity index (χ2n) is 2.48. The molecule has 0 saturated carbocycles. The lowest BCUT2D eigenvalue weighted by Crippen LogP contribution is -2.06. The molecule has 0 amide bonds. The van der Waals surface area contributed by atoms with Gasteiger partial charge in [0.1, 0.15) is 11.5 Å². The van der Waals surface area contributed by atoms with E-state index in [1.54, 1.807) is 6.92 Å². The lowest BCUT2D eigenvalue weighted by Gasteiger charge is -2.02. The number of hydrogen-bond acceptors (Lipinski definition) is 4. The highest BCUT2D eigenvalue weighted by Crippen LogP contribution is 2.17. The first kappa shape index (κ1) is 10.3. The maximum Gasteiger partial charge on any atom is 0.341 e. The maximum atomic E-state index is 13.0. The van der Waals surface area contributed by atoms with Gasteiger partial charge >= 0.3 is 5.97 Å². The summed E-state index contributed by atoms with van der Waals surface area (Å²) in [6.45, 7) is 1.76. The molecule has 0 aliphatic heterocycles. The van der Waals surface area contributed by atoms with Crippen LogP contribution in [-0.2, 0) is 4.74 Å². The summed E-state index contributed by atoms with van der Waals surface area (Å²) in [6.07, 6.45) is 0. The van der Waals surface area contributed by atoms with Crippen LogP contribution in [0.2, 0.25) is 0 Å². The van der Waals surface area contributed by atoms with E-state index in [-0.39, 0.29) is 17.9 Å². The van der Waals surface area contributed by atoms with Crippen molar-refractivity contribution in [2.24, 2.45) is 5.18 Å². The number of nitrogens with zero attached hydrogens (tertiary/aromatic N) is 1. The maximum absolute atomic E-state index is 13.0. The summed E-state index contributed by atoms with van der Waals surface area (Å²) < 4.78 is 17.6. The van der Waals surface area contributed by atoms with Crippen molar-refractivity contribution < 1.29 is 13.9 Å². The van der Waals surface area contributed by atoms with Gasteiger partial charge in [0.05, 0.1) is 12.2 Å². The van der Waals surface area contributed by atoms with Crippen LogP contribution in [0.25, 0.3) is 0 Å². The molecule has 1 aromatic rings. The van der Waals surface area contributed by atoms with Crippen molar-refractivity contribution >= 4 is 11.7 Å². The fourth-order valence-electron chi connectivity index (χ4n) is 0.935.